The largest absolute Gasteiger partial charge is 0.307 e. The zero-order valence-corrected chi connectivity index (χ0v) is 11.6. The summed E-state index contributed by atoms with van der Waals surface area (Å²) in [4.78, 5) is 18.2. The van der Waals surface area contributed by atoms with Crippen molar-refractivity contribution in [2.75, 3.05) is 4.72 Å². The summed E-state index contributed by atoms with van der Waals surface area (Å²) in [6, 6.07) is 12.1. The summed E-state index contributed by atoms with van der Waals surface area (Å²) < 4.78 is 21.9. The number of nitrogens with zero attached hydrogens (tertiary/aromatic N) is 1. The zero-order chi connectivity index (χ0) is 14.8. The molecule has 0 bridgehead atoms. The second-order valence-electron chi connectivity index (χ2n) is 4.37. The van der Waals surface area contributed by atoms with Crippen LogP contribution in [0.3, 0.4) is 0 Å². The van der Waals surface area contributed by atoms with Gasteiger partial charge in [-0.25, -0.2) is 9.19 Å². The van der Waals surface area contributed by atoms with Crippen LogP contribution in [0.15, 0.2) is 53.5 Å². The first-order valence-electron chi connectivity index (χ1n) is 6.09. The summed E-state index contributed by atoms with van der Waals surface area (Å²) in [5.74, 6) is 0. The number of aromatic amines is 1. The minimum absolute atomic E-state index is 0.197. The molecule has 0 aliphatic heterocycles. The van der Waals surface area contributed by atoms with E-state index in [2.05, 4.69) is 14.7 Å². The number of pyridine rings is 2. The minimum Gasteiger partial charge on any atom is -0.307 e. The van der Waals surface area contributed by atoms with Crippen LogP contribution < -0.4 is 10.3 Å². The lowest BCUT2D eigenvalue weighted by Crippen LogP contribution is -2.04. The van der Waals surface area contributed by atoms with E-state index >= 15 is 0 Å². The van der Waals surface area contributed by atoms with Gasteiger partial charge in [-0.15, -0.1) is 0 Å². The van der Waals surface area contributed by atoms with Crippen molar-refractivity contribution in [2.24, 2.45) is 0 Å². The number of nitrogens with one attached hydrogen (secondary N) is 2. The van der Waals surface area contributed by atoms with Crippen molar-refractivity contribution in [3.05, 3.63) is 59.0 Å². The van der Waals surface area contributed by atoms with Gasteiger partial charge in [0.1, 0.15) is 5.65 Å². The van der Waals surface area contributed by atoms with E-state index in [-0.39, 0.29) is 5.56 Å². The molecule has 1 unspecified atom stereocenters. The standard InChI is InChI=1S/C14H11N3O3S/c18-13-6-5-12-11(7-8-15-14(12)16-13)9-1-3-10(4-2-9)17-21(19)20/h1-8,17H,(H,19,20)(H,15,16,18). The SMILES string of the molecule is O=c1ccc2c(-c3ccc(NS(=O)O)cc3)ccnc2[nH]1. The quantitative estimate of drug-likeness (QED) is 0.646. The molecule has 0 saturated heterocycles. The van der Waals surface area contributed by atoms with Gasteiger partial charge >= 0.3 is 0 Å². The zero-order valence-electron chi connectivity index (χ0n) is 10.7. The average molecular weight is 301 g/mol. The summed E-state index contributed by atoms with van der Waals surface area (Å²) in [5.41, 5.74) is 2.72. The van der Waals surface area contributed by atoms with Gasteiger partial charge in [-0.2, -0.15) is 0 Å². The van der Waals surface area contributed by atoms with Gasteiger partial charge in [0, 0.05) is 23.3 Å². The molecule has 0 fully saturated rings. The van der Waals surface area contributed by atoms with Crippen LogP contribution in [0, 0.1) is 0 Å². The summed E-state index contributed by atoms with van der Waals surface area (Å²) in [6.07, 6.45) is 1.63. The lowest BCUT2D eigenvalue weighted by Gasteiger charge is -2.07. The predicted octanol–water partition coefficient (Wildman–Crippen LogP) is 2.14. The summed E-state index contributed by atoms with van der Waals surface area (Å²) in [7, 11) is 0. The van der Waals surface area contributed by atoms with E-state index in [0.29, 0.717) is 11.3 Å². The molecule has 1 atom stereocenters. The van der Waals surface area contributed by atoms with Crippen LogP contribution in [-0.4, -0.2) is 18.7 Å². The van der Waals surface area contributed by atoms with Crippen molar-refractivity contribution in [3.63, 3.8) is 0 Å². The Morgan fingerprint density at radius 3 is 2.57 bits per heavy atom. The third kappa shape index (κ3) is 2.83. The topological polar surface area (TPSA) is 95.1 Å². The number of H-pyrrole nitrogens is 1. The normalized spacial score (nSPS) is 12.2. The van der Waals surface area contributed by atoms with E-state index in [9.17, 15) is 9.00 Å². The van der Waals surface area contributed by atoms with E-state index in [0.717, 1.165) is 16.5 Å². The van der Waals surface area contributed by atoms with Crippen LogP contribution in [0.1, 0.15) is 0 Å². The van der Waals surface area contributed by atoms with E-state index in [4.69, 9.17) is 4.55 Å². The highest BCUT2D eigenvalue weighted by atomic mass is 32.2. The van der Waals surface area contributed by atoms with Gasteiger partial charge in [0.2, 0.25) is 5.56 Å². The first kappa shape index (κ1) is 13.5. The Hall–Kier alpha value is -2.51. The highest BCUT2D eigenvalue weighted by molar-refractivity contribution is 7.80. The van der Waals surface area contributed by atoms with Crippen LogP contribution >= 0.6 is 0 Å². The molecular formula is C14H11N3O3S. The number of rotatable bonds is 3. The second kappa shape index (κ2) is 5.47. The Balaban J connectivity index is 2.08. The molecule has 3 aromatic rings. The smallest absolute Gasteiger partial charge is 0.259 e. The molecule has 21 heavy (non-hydrogen) atoms. The Kier molecular flexibility index (Phi) is 3.51. The Bertz CT molecular complexity index is 875. The van der Waals surface area contributed by atoms with Crippen LogP contribution in [0.5, 0.6) is 0 Å². The molecule has 0 aliphatic carbocycles. The number of hydrogen-bond acceptors (Lipinski definition) is 3. The van der Waals surface area contributed by atoms with Gasteiger partial charge in [-0.05, 0) is 35.4 Å². The molecule has 6 nitrogen and oxygen atoms in total. The summed E-state index contributed by atoms with van der Waals surface area (Å²) in [6.45, 7) is 0. The first-order valence-corrected chi connectivity index (χ1v) is 7.20. The summed E-state index contributed by atoms with van der Waals surface area (Å²) >= 11 is -2.09. The minimum atomic E-state index is -2.09. The molecular weight excluding hydrogens is 290 g/mol. The van der Waals surface area contributed by atoms with Gasteiger partial charge in [-0.1, -0.05) is 12.1 Å². The lowest BCUT2D eigenvalue weighted by atomic mass is 10.0. The third-order valence-corrected chi connectivity index (χ3v) is 3.44. The third-order valence-electron chi connectivity index (χ3n) is 3.03. The molecule has 0 spiro atoms. The number of anilines is 1. The van der Waals surface area contributed by atoms with E-state index in [1.165, 1.54) is 6.07 Å². The molecule has 106 valence electrons. The van der Waals surface area contributed by atoms with E-state index in [1.807, 2.05) is 18.2 Å². The molecule has 2 aromatic heterocycles. The van der Waals surface area contributed by atoms with Crippen LogP contribution in [0.2, 0.25) is 0 Å². The number of benzene rings is 1. The van der Waals surface area contributed by atoms with E-state index < -0.39 is 11.3 Å². The van der Waals surface area contributed by atoms with Crippen LogP contribution in [0.25, 0.3) is 22.2 Å². The molecule has 3 rings (SSSR count). The van der Waals surface area contributed by atoms with Crippen LogP contribution in [-0.2, 0) is 11.3 Å². The van der Waals surface area contributed by atoms with Gasteiger partial charge in [0.25, 0.3) is 11.3 Å². The molecule has 2 heterocycles. The molecule has 1 aromatic carbocycles. The molecule has 0 saturated carbocycles. The Morgan fingerprint density at radius 2 is 1.86 bits per heavy atom. The average Bonchev–Trinajstić information content (AvgIpc) is 2.46. The van der Waals surface area contributed by atoms with Gasteiger partial charge in [0.15, 0.2) is 0 Å². The van der Waals surface area contributed by atoms with Crippen molar-refractivity contribution in [1.82, 2.24) is 9.97 Å². The Morgan fingerprint density at radius 1 is 1.10 bits per heavy atom. The van der Waals surface area contributed by atoms with Crippen molar-refractivity contribution in [2.45, 2.75) is 0 Å². The number of fused-ring (bicyclic) bond motifs is 1. The maximum Gasteiger partial charge on any atom is 0.259 e. The maximum absolute atomic E-state index is 11.3. The molecule has 7 heteroatoms. The highest BCUT2D eigenvalue weighted by Crippen LogP contribution is 2.27. The fourth-order valence-corrected chi connectivity index (χ4v) is 2.47. The van der Waals surface area contributed by atoms with Crippen molar-refractivity contribution < 1.29 is 8.76 Å². The van der Waals surface area contributed by atoms with Gasteiger partial charge in [0.05, 0.1) is 0 Å². The second-order valence-corrected chi connectivity index (χ2v) is 5.07. The predicted molar refractivity (Wildman–Crippen MR) is 82.2 cm³/mol. The summed E-state index contributed by atoms with van der Waals surface area (Å²) in [5, 5.41) is 0.837. The first-order chi connectivity index (χ1) is 10.1. The van der Waals surface area contributed by atoms with E-state index in [1.54, 1.807) is 24.4 Å². The monoisotopic (exact) mass is 301 g/mol. The molecule has 0 aliphatic rings. The van der Waals surface area contributed by atoms with Crippen molar-refractivity contribution in [3.8, 4) is 11.1 Å². The lowest BCUT2D eigenvalue weighted by molar-refractivity contribution is 0.570. The maximum atomic E-state index is 11.3. The van der Waals surface area contributed by atoms with Crippen molar-refractivity contribution >= 4 is 28.0 Å². The highest BCUT2D eigenvalue weighted by Gasteiger charge is 2.05. The van der Waals surface area contributed by atoms with Gasteiger partial charge < -0.3 is 4.98 Å². The van der Waals surface area contributed by atoms with Crippen LogP contribution in [0.4, 0.5) is 5.69 Å². The fraction of sp³-hybridized carbons (Fsp3) is 0. The molecule has 0 radical (unpaired) electrons. The molecule has 0 amide bonds. The molecule has 3 N–H and O–H groups in total. The fourth-order valence-electron chi connectivity index (χ4n) is 2.13. The Labute approximate surface area is 122 Å². The van der Waals surface area contributed by atoms with Gasteiger partial charge in [-0.3, -0.25) is 14.1 Å². The number of hydrogen-bond donors (Lipinski definition) is 3. The number of aromatic nitrogens is 2. The van der Waals surface area contributed by atoms with Crippen molar-refractivity contribution in [1.29, 1.82) is 0 Å².